The Hall–Kier alpha value is -4.12. The van der Waals surface area contributed by atoms with E-state index in [0.717, 1.165) is 29.5 Å². The highest BCUT2D eigenvalue weighted by Crippen LogP contribution is 2.30. The third-order valence-electron chi connectivity index (χ3n) is 6.61. The van der Waals surface area contributed by atoms with Gasteiger partial charge in [0.1, 0.15) is 18.2 Å². The normalized spacial score (nSPS) is 13.1. The van der Waals surface area contributed by atoms with Crippen molar-refractivity contribution in [2.24, 2.45) is 0 Å². The zero-order valence-electron chi connectivity index (χ0n) is 22.7. The second-order valence-corrected chi connectivity index (χ2v) is 11.7. The number of nitrogen functional groups attached to an aromatic ring is 1. The summed E-state index contributed by atoms with van der Waals surface area (Å²) in [4.78, 5) is 31.2. The smallest absolute Gasteiger partial charge is 0.407 e. The Labute approximate surface area is 234 Å². The summed E-state index contributed by atoms with van der Waals surface area (Å²) < 4.78 is 36.6. The summed E-state index contributed by atoms with van der Waals surface area (Å²) in [5.74, 6) is 0.652. The van der Waals surface area contributed by atoms with Crippen LogP contribution in [-0.2, 0) is 21.1 Å². The summed E-state index contributed by atoms with van der Waals surface area (Å²) in [6.45, 7) is 4.96. The van der Waals surface area contributed by atoms with Gasteiger partial charge in [-0.05, 0) is 66.9 Å². The number of carbonyl (C=O) groups excluding carboxylic acids is 2. The molecule has 0 fully saturated rings. The maximum Gasteiger partial charge on any atom is 0.407 e. The van der Waals surface area contributed by atoms with E-state index in [9.17, 15) is 18.0 Å². The lowest BCUT2D eigenvalue weighted by Gasteiger charge is -2.21. The lowest BCUT2D eigenvalue weighted by atomic mass is 10.0. The maximum atomic E-state index is 13.5. The fourth-order valence-corrected chi connectivity index (χ4v) is 5.57. The van der Waals surface area contributed by atoms with Crippen LogP contribution in [0.2, 0.25) is 0 Å². The number of ether oxygens (including phenoxy) is 2. The Balaban J connectivity index is 1.44. The number of pyridine rings is 1. The van der Waals surface area contributed by atoms with Crippen LogP contribution in [0, 0.1) is 6.92 Å². The van der Waals surface area contributed by atoms with E-state index in [1.165, 1.54) is 12.1 Å². The van der Waals surface area contributed by atoms with Crippen molar-refractivity contribution in [3.8, 4) is 16.9 Å². The zero-order chi connectivity index (χ0) is 28.7. The highest BCUT2D eigenvalue weighted by atomic mass is 32.2. The van der Waals surface area contributed by atoms with Crippen LogP contribution in [0.25, 0.3) is 11.1 Å². The van der Waals surface area contributed by atoms with Crippen LogP contribution in [0.1, 0.15) is 41.3 Å². The summed E-state index contributed by atoms with van der Waals surface area (Å²) in [6, 6.07) is 13.9. The number of nitrogens with zero attached hydrogens (tertiary/aromatic N) is 2. The number of unbranched alkanes of at least 4 members (excludes halogenated alkanes) is 1. The van der Waals surface area contributed by atoms with Gasteiger partial charge in [-0.2, -0.15) is 0 Å². The quantitative estimate of drug-likeness (QED) is 0.371. The number of nitrogens with one attached hydrogen (secondary N) is 1. The number of hydrogen-bond donors (Lipinski definition) is 2. The van der Waals surface area contributed by atoms with E-state index in [0.29, 0.717) is 49.0 Å². The molecule has 212 valence electrons. The van der Waals surface area contributed by atoms with Crippen molar-refractivity contribution in [3.05, 3.63) is 71.4 Å². The second kappa shape index (κ2) is 12.8. The molecule has 0 radical (unpaired) electrons. The average Bonchev–Trinajstić information content (AvgIpc) is 3.15. The largest absolute Gasteiger partial charge is 0.491 e. The van der Waals surface area contributed by atoms with E-state index in [1.807, 2.05) is 31.2 Å². The number of amides is 2. The first kappa shape index (κ1) is 28.9. The fourth-order valence-electron chi connectivity index (χ4n) is 4.33. The van der Waals surface area contributed by atoms with E-state index < -0.39 is 15.9 Å². The summed E-state index contributed by atoms with van der Waals surface area (Å²) >= 11 is 0. The molecule has 0 spiro atoms. The van der Waals surface area contributed by atoms with Crippen LogP contribution in [0.3, 0.4) is 0 Å². The van der Waals surface area contributed by atoms with Crippen LogP contribution in [-0.4, -0.2) is 62.4 Å². The topological polar surface area (TPSA) is 141 Å². The molecule has 2 heterocycles. The minimum absolute atomic E-state index is 0.0748. The van der Waals surface area contributed by atoms with E-state index in [2.05, 4.69) is 10.3 Å². The molecule has 3 N–H and O–H groups in total. The minimum atomic E-state index is -3.68. The number of benzene rings is 2. The number of nitrogens with two attached hydrogens (primary N) is 1. The number of sulfone groups is 1. The molecular weight excluding hydrogens is 532 g/mol. The molecule has 1 aliphatic rings. The molecule has 0 aliphatic carbocycles. The fraction of sp³-hybridized carbons (Fsp3) is 0.345. The Morgan fingerprint density at radius 2 is 1.93 bits per heavy atom. The molecule has 11 heteroatoms. The Bertz CT molecular complexity index is 1470. The van der Waals surface area contributed by atoms with E-state index in [-0.39, 0.29) is 23.1 Å². The number of anilines is 1. The number of hydrogen-bond acceptors (Lipinski definition) is 8. The molecule has 1 aromatic heterocycles. The SMILES string of the molecule is CCCCOC(=O)NCCS(=O)(=O)c1ccc(C(=O)N2CCOc3ccc(-c4ccc(N)nc4)cc3C2)c(C)c1. The van der Waals surface area contributed by atoms with Gasteiger partial charge in [0.2, 0.25) is 0 Å². The molecule has 0 saturated carbocycles. The third-order valence-corrected chi connectivity index (χ3v) is 8.32. The second-order valence-electron chi connectivity index (χ2n) is 9.58. The average molecular weight is 567 g/mol. The first-order chi connectivity index (χ1) is 19.2. The highest BCUT2D eigenvalue weighted by molar-refractivity contribution is 7.91. The van der Waals surface area contributed by atoms with Crippen LogP contribution in [0.5, 0.6) is 5.75 Å². The number of aromatic nitrogens is 1. The van der Waals surface area contributed by atoms with Crippen molar-refractivity contribution < 1.29 is 27.5 Å². The predicted molar refractivity (Wildman–Crippen MR) is 152 cm³/mol. The van der Waals surface area contributed by atoms with Gasteiger partial charge in [-0.3, -0.25) is 4.79 Å². The van der Waals surface area contributed by atoms with Gasteiger partial charge in [-0.1, -0.05) is 19.4 Å². The molecule has 0 saturated heterocycles. The molecule has 40 heavy (non-hydrogen) atoms. The van der Waals surface area contributed by atoms with Gasteiger partial charge >= 0.3 is 6.09 Å². The monoisotopic (exact) mass is 566 g/mol. The van der Waals surface area contributed by atoms with Crippen molar-refractivity contribution >= 4 is 27.7 Å². The van der Waals surface area contributed by atoms with Crippen molar-refractivity contribution in [3.63, 3.8) is 0 Å². The Morgan fingerprint density at radius 3 is 2.65 bits per heavy atom. The van der Waals surface area contributed by atoms with Crippen molar-refractivity contribution in [1.29, 1.82) is 0 Å². The predicted octanol–water partition coefficient (Wildman–Crippen LogP) is 3.97. The highest BCUT2D eigenvalue weighted by Gasteiger charge is 2.24. The van der Waals surface area contributed by atoms with Gasteiger partial charge in [-0.15, -0.1) is 0 Å². The molecule has 10 nitrogen and oxygen atoms in total. The summed E-state index contributed by atoms with van der Waals surface area (Å²) in [5, 5.41) is 2.46. The lowest BCUT2D eigenvalue weighted by Crippen LogP contribution is -2.33. The summed E-state index contributed by atoms with van der Waals surface area (Å²) in [6.07, 6.45) is 2.70. The first-order valence-corrected chi connectivity index (χ1v) is 14.8. The van der Waals surface area contributed by atoms with Gasteiger partial charge in [-0.25, -0.2) is 18.2 Å². The van der Waals surface area contributed by atoms with E-state index in [4.69, 9.17) is 15.2 Å². The first-order valence-electron chi connectivity index (χ1n) is 13.2. The Kier molecular flexibility index (Phi) is 9.26. The molecule has 1 aliphatic heterocycles. The van der Waals surface area contributed by atoms with Crippen LogP contribution >= 0.6 is 0 Å². The van der Waals surface area contributed by atoms with Gasteiger partial charge in [0.25, 0.3) is 5.91 Å². The Morgan fingerprint density at radius 1 is 1.12 bits per heavy atom. The van der Waals surface area contributed by atoms with Crippen LogP contribution in [0.4, 0.5) is 10.6 Å². The van der Waals surface area contributed by atoms with Crippen LogP contribution in [0.15, 0.2) is 59.6 Å². The molecule has 0 bridgehead atoms. The lowest BCUT2D eigenvalue weighted by molar-refractivity contribution is 0.0732. The number of fused-ring (bicyclic) bond motifs is 1. The molecule has 2 aromatic carbocycles. The van der Waals surface area contributed by atoms with E-state index >= 15 is 0 Å². The maximum absolute atomic E-state index is 13.5. The van der Waals surface area contributed by atoms with Crippen molar-refractivity contribution in [2.45, 2.75) is 38.1 Å². The molecule has 3 aromatic rings. The van der Waals surface area contributed by atoms with Crippen molar-refractivity contribution in [1.82, 2.24) is 15.2 Å². The molecular formula is C29H34N4O6S. The van der Waals surface area contributed by atoms with E-state index in [1.54, 1.807) is 30.2 Å². The zero-order valence-corrected chi connectivity index (χ0v) is 23.5. The molecule has 4 rings (SSSR count). The standard InChI is InChI=1S/C29H34N4O6S/c1-3-4-13-39-29(35)31-11-15-40(36,37)24-7-8-25(20(2)16-24)28(34)33-12-14-38-26-9-5-21(17-23(26)19-33)22-6-10-27(30)32-18-22/h5-10,16-18H,3-4,11-15,19H2,1-2H3,(H2,30,32)(H,31,35). The number of rotatable bonds is 9. The third kappa shape index (κ3) is 7.09. The van der Waals surface area contributed by atoms with Crippen molar-refractivity contribution in [2.75, 3.05) is 37.8 Å². The summed E-state index contributed by atoms with van der Waals surface area (Å²) in [7, 11) is -3.68. The van der Waals surface area contributed by atoms with Gasteiger partial charge < -0.3 is 25.4 Å². The van der Waals surface area contributed by atoms with Crippen LogP contribution < -0.4 is 15.8 Å². The number of aryl methyl sites for hydroxylation is 1. The molecule has 2 amide bonds. The number of alkyl carbamates (subject to hydrolysis) is 1. The molecule has 0 atom stereocenters. The van der Waals surface area contributed by atoms with Gasteiger partial charge in [0, 0.05) is 36.0 Å². The van der Waals surface area contributed by atoms with Gasteiger partial charge in [0.15, 0.2) is 9.84 Å². The molecule has 0 unspecified atom stereocenters. The summed E-state index contributed by atoms with van der Waals surface area (Å²) in [5.41, 5.74) is 9.36. The number of carbonyl (C=O) groups is 2. The minimum Gasteiger partial charge on any atom is -0.491 e. The van der Waals surface area contributed by atoms with Gasteiger partial charge in [0.05, 0.1) is 23.8 Å².